The van der Waals surface area contributed by atoms with Crippen LogP contribution in [0.5, 0.6) is 0 Å². The predicted octanol–water partition coefficient (Wildman–Crippen LogP) is 0.535. The summed E-state index contributed by atoms with van der Waals surface area (Å²) in [7, 11) is 0. The molecule has 0 saturated heterocycles. The number of rotatable bonds is 5. The molecule has 1 amide bonds. The van der Waals surface area contributed by atoms with Gasteiger partial charge in [0.15, 0.2) is 0 Å². The minimum atomic E-state index is -1.29. The van der Waals surface area contributed by atoms with E-state index in [0.717, 1.165) is 4.90 Å². The van der Waals surface area contributed by atoms with Gasteiger partial charge in [-0.3, -0.25) is 4.90 Å². The van der Waals surface area contributed by atoms with E-state index in [-0.39, 0.29) is 12.3 Å². The summed E-state index contributed by atoms with van der Waals surface area (Å²) in [5.41, 5.74) is 0. The highest BCUT2D eigenvalue weighted by Gasteiger charge is 2.26. The van der Waals surface area contributed by atoms with Crippen LogP contribution in [0.3, 0.4) is 0 Å². The molecule has 0 aromatic heterocycles. The second-order valence-corrected chi connectivity index (χ2v) is 2.63. The van der Waals surface area contributed by atoms with Gasteiger partial charge in [0.05, 0.1) is 0 Å². The summed E-state index contributed by atoms with van der Waals surface area (Å²) in [6, 6.07) is -1.13. The van der Waals surface area contributed by atoms with Crippen molar-refractivity contribution in [2.75, 3.05) is 12.3 Å². The summed E-state index contributed by atoms with van der Waals surface area (Å²) < 4.78 is 0. The third kappa shape index (κ3) is 3.37. The van der Waals surface area contributed by atoms with Crippen molar-refractivity contribution in [3.8, 4) is 0 Å². The van der Waals surface area contributed by atoms with E-state index in [1.54, 1.807) is 0 Å². The van der Waals surface area contributed by atoms with Crippen molar-refractivity contribution in [3.63, 3.8) is 0 Å². The quantitative estimate of drug-likeness (QED) is 0.452. The molecule has 0 aliphatic carbocycles. The molecule has 0 aliphatic heterocycles. The maximum absolute atomic E-state index is 10.6. The molecule has 0 rings (SSSR count). The molecule has 74 valence electrons. The van der Waals surface area contributed by atoms with E-state index in [0.29, 0.717) is 0 Å². The van der Waals surface area contributed by atoms with Crippen LogP contribution in [-0.4, -0.2) is 45.5 Å². The molecule has 0 radical (unpaired) electrons. The fraction of sp³-hybridized carbons (Fsp3) is 0.429. The molecule has 5 nitrogen and oxygen atoms in total. The van der Waals surface area contributed by atoms with E-state index in [1.807, 2.05) is 0 Å². The van der Waals surface area contributed by atoms with Crippen LogP contribution >= 0.6 is 12.6 Å². The largest absolute Gasteiger partial charge is 0.480 e. The Bertz CT molecular complexity index is 219. The zero-order chi connectivity index (χ0) is 10.4. The number of carboxylic acid groups (broad SMARTS) is 2. The lowest BCUT2D eigenvalue weighted by molar-refractivity contribution is -0.141. The van der Waals surface area contributed by atoms with Crippen LogP contribution in [0.1, 0.15) is 0 Å². The van der Waals surface area contributed by atoms with Crippen LogP contribution in [0, 0.1) is 0 Å². The van der Waals surface area contributed by atoms with Crippen molar-refractivity contribution in [3.05, 3.63) is 12.7 Å². The van der Waals surface area contributed by atoms with Gasteiger partial charge in [-0.2, -0.15) is 12.6 Å². The third-order valence-electron chi connectivity index (χ3n) is 1.41. The molecular weight excluding hydrogens is 194 g/mol. The van der Waals surface area contributed by atoms with E-state index in [4.69, 9.17) is 10.2 Å². The molecular formula is C7H11NO4S. The zero-order valence-corrected chi connectivity index (χ0v) is 7.78. The monoisotopic (exact) mass is 205 g/mol. The second-order valence-electron chi connectivity index (χ2n) is 2.26. The van der Waals surface area contributed by atoms with Crippen LogP contribution in [-0.2, 0) is 4.79 Å². The first kappa shape index (κ1) is 11.8. The van der Waals surface area contributed by atoms with E-state index < -0.39 is 18.1 Å². The van der Waals surface area contributed by atoms with Gasteiger partial charge >= 0.3 is 12.1 Å². The summed E-state index contributed by atoms with van der Waals surface area (Å²) in [4.78, 5) is 21.9. The highest BCUT2D eigenvalue weighted by Crippen LogP contribution is 2.03. The maximum Gasteiger partial charge on any atom is 0.408 e. The number of hydrogen-bond acceptors (Lipinski definition) is 3. The van der Waals surface area contributed by atoms with Crippen LogP contribution in [0.2, 0.25) is 0 Å². The van der Waals surface area contributed by atoms with Gasteiger partial charge in [0.25, 0.3) is 0 Å². The Hall–Kier alpha value is -1.17. The molecule has 0 aliphatic rings. The first-order valence-electron chi connectivity index (χ1n) is 3.48. The van der Waals surface area contributed by atoms with Crippen molar-refractivity contribution in [2.24, 2.45) is 0 Å². The Morgan fingerprint density at radius 2 is 2.08 bits per heavy atom. The van der Waals surface area contributed by atoms with Gasteiger partial charge < -0.3 is 10.2 Å². The van der Waals surface area contributed by atoms with Crippen LogP contribution < -0.4 is 0 Å². The smallest absolute Gasteiger partial charge is 0.408 e. The number of amides is 1. The van der Waals surface area contributed by atoms with E-state index >= 15 is 0 Å². The topological polar surface area (TPSA) is 77.8 Å². The Morgan fingerprint density at radius 3 is 2.31 bits per heavy atom. The molecule has 13 heavy (non-hydrogen) atoms. The Morgan fingerprint density at radius 1 is 1.54 bits per heavy atom. The SMILES string of the molecule is C=CCN(C(=O)O)C(CS)C(=O)O. The number of carbonyl (C=O) groups is 2. The highest BCUT2D eigenvalue weighted by atomic mass is 32.1. The number of thiol groups is 1. The number of nitrogens with zero attached hydrogens (tertiary/aromatic N) is 1. The molecule has 0 fully saturated rings. The lowest BCUT2D eigenvalue weighted by Crippen LogP contribution is -2.45. The molecule has 0 aromatic carbocycles. The minimum absolute atomic E-state index is 0.0210. The highest BCUT2D eigenvalue weighted by molar-refractivity contribution is 7.80. The summed E-state index contributed by atoms with van der Waals surface area (Å²) in [5.74, 6) is -1.27. The van der Waals surface area contributed by atoms with Crippen LogP contribution in [0.4, 0.5) is 4.79 Å². The minimum Gasteiger partial charge on any atom is -0.480 e. The predicted molar refractivity (Wildman–Crippen MR) is 50.2 cm³/mol. The van der Waals surface area contributed by atoms with Gasteiger partial charge in [-0.05, 0) is 0 Å². The standard InChI is InChI=1S/C7H11NO4S/c1-2-3-8(7(11)12)5(4-13)6(9)10/h2,5,13H,1,3-4H2,(H,9,10)(H,11,12). The van der Waals surface area contributed by atoms with Crippen molar-refractivity contribution in [1.29, 1.82) is 0 Å². The van der Waals surface area contributed by atoms with Gasteiger partial charge in [-0.15, -0.1) is 6.58 Å². The first-order chi connectivity index (χ1) is 6.04. The van der Waals surface area contributed by atoms with Crippen LogP contribution in [0.15, 0.2) is 12.7 Å². The maximum atomic E-state index is 10.6. The van der Waals surface area contributed by atoms with Gasteiger partial charge in [-0.1, -0.05) is 6.08 Å². The Kier molecular flexibility index (Phi) is 4.98. The Balaban J connectivity index is 4.57. The average Bonchev–Trinajstić information content (AvgIpc) is 2.03. The fourth-order valence-corrected chi connectivity index (χ4v) is 1.14. The molecule has 1 unspecified atom stereocenters. The molecule has 0 heterocycles. The zero-order valence-electron chi connectivity index (χ0n) is 6.88. The van der Waals surface area contributed by atoms with Gasteiger partial charge in [-0.25, -0.2) is 9.59 Å². The number of aliphatic carboxylic acids is 1. The van der Waals surface area contributed by atoms with Crippen molar-refractivity contribution < 1.29 is 19.8 Å². The number of carboxylic acids is 1. The molecule has 0 saturated carbocycles. The van der Waals surface area contributed by atoms with Gasteiger partial charge in [0, 0.05) is 12.3 Å². The lowest BCUT2D eigenvalue weighted by Gasteiger charge is -2.23. The molecule has 1 atom stereocenters. The lowest BCUT2D eigenvalue weighted by atomic mass is 10.3. The van der Waals surface area contributed by atoms with Gasteiger partial charge in [0.1, 0.15) is 6.04 Å². The van der Waals surface area contributed by atoms with Crippen molar-refractivity contribution >= 4 is 24.7 Å². The number of hydrogen-bond donors (Lipinski definition) is 3. The molecule has 6 heteroatoms. The summed E-state index contributed by atoms with van der Waals surface area (Å²) in [5, 5.41) is 17.3. The van der Waals surface area contributed by atoms with Crippen LogP contribution in [0.25, 0.3) is 0 Å². The summed E-state index contributed by atoms with van der Waals surface area (Å²) >= 11 is 3.76. The average molecular weight is 205 g/mol. The first-order valence-corrected chi connectivity index (χ1v) is 4.12. The summed E-state index contributed by atoms with van der Waals surface area (Å²) in [6.45, 7) is 3.32. The third-order valence-corrected chi connectivity index (χ3v) is 1.75. The molecule has 0 spiro atoms. The van der Waals surface area contributed by atoms with E-state index in [9.17, 15) is 9.59 Å². The normalized spacial score (nSPS) is 11.8. The Labute approximate surface area is 81.1 Å². The molecule has 2 N–H and O–H groups in total. The van der Waals surface area contributed by atoms with Crippen molar-refractivity contribution in [2.45, 2.75) is 6.04 Å². The second kappa shape index (κ2) is 5.47. The van der Waals surface area contributed by atoms with Crippen molar-refractivity contribution in [1.82, 2.24) is 4.90 Å². The summed E-state index contributed by atoms with van der Waals surface area (Å²) in [6.07, 6.45) is 0.0365. The molecule has 0 bridgehead atoms. The van der Waals surface area contributed by atoms with E-state index in [1.165, 1.54) is 6.08 Å². The molecule has 0 aromatic rings. The van der Waals surface area contributed by atoms with Gasteiger partial charge in [0.2, 0.25) is 0 Å². The van der Waals surface area contributed by atoms with E-state index in [2.05, 4.69) is 19.2 Å². The fourth-order valence-electron chi connectivity index (χ4n) is 0.788.